The predicted octanol–water partition coefficient (Wildman–Crippen LogP) is 3.81. The van der Waals surface area contributed by atoms with Crippen LogP contribution in [0.2, 0.25) is 0 Å². The Hall–Kier alpha value is -2.09. The van der Waals surface area contributed by atoms with Crippen molar-refractivity contribution in [3.05, 3.63) is 71.3 Å². The Kier molecular flexibility index (Phi) is 4.05. The van der Waals surface area contributed by atoms with Crippen LogP contribution in [0.5, 0.6) is 0 Å². The Labute approximate surface area is 126 Å². The van der Waals surface area contributed by atoms with Crippen molar-refractivity contribution < 1.29 is 4.79 Å². The number of hydrogen-bond donors (Lipinski definition) is 1. The number of benzene rings is 2. The normalized spacial score (nSPS) is 15.5. The Balaban J connectivity index is 1.68. The molecular formula is C19H21NO. The van der Waals surface area contributed by atoms with Crippen LogP contribution in [0.3, 0.4) is 0 Å². The number of amides is 1. The van der Waals surface area contributed by atoms with Gasteiger partial charge in [-0.25, -0.2) is 0 Å². The lowest BCUT2D eigenvalue weighted by Crippen LogP contribution is -2.30. The third-order valence-electron chi connectivity index (χ3n) is 4.08. The zero-order valence-electron chi connectivity index (χ0n) is 12.4. The van der Waals surface area contributed by atoms with Gasteiger partial charge in [0, 0.05) is 6.54 Å². The monoisotopic (exact) mass is 279 g/mol. The van der Waals surface area contributed by atoms with Gasteiger partial charge in [-0.15, -0.1) is 0 Å². The van der Waals surface area contributed by atoms with Gasteiger partial charge >= 0.3 is 0 Å². The van der Waals surface area contributed by atoms with Crippen molar-refractivity contribution in [2.45, 2.75) is 32.2 Å². The molecular weight excluding hydrogens is 258 g/mol. The molecule has 1 amide bonds. The number of carbonyl (C=O) groups is 1. The van der Waals surface area contributed by atoms with Crippen molar-refractivity contribution in [2.24, 2.45) is 5.92 Å². The summed E-state index contributed by atoms with van der Waals surface area (Å²) in [6.07, 6.45) is 2.33. The minimum atomic E-state index is 0.0102. The second-order valence-electron chi connectivity index (χ2n) is 5.93. The smallest absolute Gasteiger partial charge is 0.228 e. The lowest BCUT2D eigenvalue weighted by Gasteiger charge is -2.17. The molecule has 0 heterocycles. The standard InChI is InChI=1S/C19H21NO/c1-14-6-5-7-15(12-14)13-20-19(21)18(17-10-11-17)16-8-3-2-4-9-16/h2-9,12,17-18H,10-11,13H2,1H3,(H,20,21). The van der Waals surface area contributed by atoms with Crippen LogP contribution in [0, 0.1) is 12.8 Å². The van der Waals surface area contributed by atoms with Gasteiger partial charge in [-0.2, -0.15) is 0 Å². The number of aryl methyl sites for hydroxylation is 1. The molecule has 0 aromatic heterocycles. The van der Waals surface area contributed by atoms with E-state index in [9.17, 15) is 4.79 Å². The fourth-order valence-corrected chi connectivity index (χ4v) is 2.85. The molecule has 0 spiro atoms. The fraction of sp³-hybridized carbons (Fsp3) is 0.316. The van der Waals surface area contributed by atoms with E-state index in [1.165, 1.54) is 5.56 Å². The molecule has 1 saturated carbocycles. The van der Waals surface area contributed by atoms with Crippen molar-refractivity contribution in [1.29, 1.82) is 0 Å². The van der Waals surface area contributed by atoms with E-state index in [4.69, 9.17) is 0 Å². The largest absolute Gasteiger partial charge is 0.351 e. The van der Waals surface area contributed by atoms with Crippen LogP contribution in [0.25, 0.3) is 0 Å². The minimum absolute atomic E-state index is 0.0102. The van der Waals surface area contributed by atoms with Crippen LogP contribution in [0.1, 0.15) is 35.4 Å². The highest BCUT2D eigenvalue weighted by Crippen LogP contribution is 2.42. The van der Waals surface area contributed by atoms with Crippen LogP contribution in [0.4, 0.5) is 0 Å². The summed E-state index contributed by atoms with van der Waals surface area (Å²) in [5, 5.41) is 3.11. The van der Waals surface area contributed by atoms with Gasteiger partial charge < -0.3 is 5.32 Å². The molecule has 1 aliphatic rings. The molecule has 0 aliphatic heterocycles. The van der Waals surface area contributed by atoms with E-state index in [-0.39, 0.29) is 11.8 Å². The fourth-order valence-electron chi connectivity index (χ4n) is 2.85. The summed E-state index contributed by atoms with van der Waals surface area (Å²) < 4.78 is 0. The van der Waals surface area contributed by atoms with E-state index in [1.54, 1.807) is 0 Å². The second kappa shape index (κ2) is 6.13. The molecule has 1 unspecified atom stereocenters. The van der Waals surface area contributed by atoms with Gasteiger partial charge in [0.05, 0.1) is 5.92 Å². The van der Waals surface area contributed by atoms with E-state index in [0.717, 1.165) is 24.0 Å². The third kappa shape index (κ3) is 3.52. The van der Waals surface area contributed by atoms with Crippen molar-refractivity contribution in [1.82, 2.24) is 5.32 Å². The minimum Gasteiger partial charge on any atom is -0.351 e. The highest BCUT2D eigenvalue weighted by Gasteiger charge is 2.36. The zero-order chi connectivity index (χ0) is 14.7. The zero-order valence-corrected chi connectivity index (χ0v) is 12.4. The molecule has 2 nitrogen and oxygen atoms in total. The average molecular weight is 279 g/mol. The molecule has 21 heavy (non-hydrogen) atoms. The van der Waals surface area contributed by atoms with Crippen LogP contribution in [0.15, 0.2) is 54.6 Å². The highest BCUT2D eigenvalue weighted by molar-refractivity contribution is 5.84. The van der Waals surface area contributed by atoms with Crippen LogP contribution >= 0.6 is 0 Å². The quantitative estimate of drug-likeness (QED) is 0.886. The van der Waals surface area contributed by atoms with Crippen molar-refractivity contribution in [2.75, 3.05) is 0 Å². The maximum atomic E-state index is 12.6. The summed E-state index contributed by atoms with van der Waals surface area (Å²) >= 11 is 0. The molecule has 0 radical (unpaired) electrons. The van der Waals surface area contributed by atoms with Crippen molar-refractivity contribution >= 4 is 5.91 Å². The van der Waals surface area contributed by atoms with Gasteiger partial charge in [0.15, 0.2) is 0 Å². The SMILES string of the molecule is Cc1cccc(CNC(=O)C(c2ccccc2)C2CC2)c1. The van der Waals surface area contributed by atoms with E-state index < -0.39 is 0 Å². The summed E-state index contributed by atoms with van der Waals surface area (Å²) in [4.78, 5) is 12.6. The lowest BCUT2D eigenvalue weighted by molar-refractivity contribution is -0.123. The molecule has 1 N–H and O–H groups in total. The van der Waals surface area contributed by atoms with Gasteiger partial charge in [-0.3, -0.25) is 4.79 Å². The van der Waals surface area contributed by atoms with E-state index in [1.807, 2.05) is 24.3 Å². The number of rotatable bonds is 5. The average Bonchev–Trinajstić information content (AvgIpc) is 3.31. The first-order valence-corrected chi connectivity index (χ1v) is 7.62. The van der Waals surface area contributed by atoms with E-state index in [2.05, 4.69) is 42.6 Å². The van der Waals surface area contributed by atoms with Gasteiger partial charge in [0.1, 0.15) is 0 Å². The summed E-state index contributed by atoms with van der Waals surface area (Å²) in [6.45, 7) is 2.68. The van der Waals surface area contributed by atoms with Gasteiger partial charge in [0.25, 0.3) is 0 Å². The molecule has 1 aliphatic carbocycles. The Morgan fingerprint density at radius 3 is 2.57 bits per heavy atom. The molecule has 0 bridgehead atoms. The topological polar surface area (TPSA) is 29.1 Å². The van der Waals surface area contributed by atoms with Gasteiger partial charge in [-0.05, 0) is 36.8 Å². The number of nitrogens with one attached hydrogen (secondary N) is 1. The van der Waals surface area contributed by atoms with Crippen LogP contribution in [-0.2, 0) is 11.3 Å². The molecule has 108 valence electrons. The molecule has 1 fully saturated rings. The Morgan fingerprint density at radius 2 is 1.90 bits per heavy atom. The maximum absolute atomic E-state index is 12.6. The molecule has 2 aromatic carbocycles. The molecule has 1 atom stereocenters. The predicted molar refractivity (Wildman–Crippen MR) is 84.9 cm³/mol. The van der Waals surface area contributed by atoms with Crippen LogP contribution in [-0.4, -0.2) is 5.91 Å². The number of carbonyl (C=O) groups excluding carboxylic acids is 1. The Bertz CT molecular complexity index is 616. The van der Waals surface area contributed by atoms with Gasteiger partial charge in [0.2, 0.25) is 5.91 Å². The Morgan fingerprint density at radius 1 is 1.14 bits per heavy atom. The first kappa shape index (κ1) is 13.9. The number of hydrogen-bond acceptors (Lipinski definition) is 1. The first-order chi connectivity index (χ1) is 10.2. The van der Waals surface area contributed by atoms with E-state index in [0.29, 0.717) is 12.5 Å². The summed E-state index contributed by atoms with van der Waals surface area (Å²) in [7, 11) is 0. The lowest BCUT2D eigenvalue weighted by atomic mass is 9.93. The van der Waals surface area contributed by atoms with Crippen molar-refractivity contribution in [3.63, 3.8) is 0 Å². The second-order valence-corrected chi connectivity index (χ2v) is 5.93. The third-order valence-corrected chi connectivity index (χ3v) is 4.08. The van der Waals surface area contributed by atoms with Crippen LogP contribution < -0.4 is 5.32 Å². The summed E-state index contributed by atoms with van der Waals surface area (Å²) in [6, 6.07) is 18.4. The molecule has 2 aromatic rings. The maximum Gasteiger partial charge on any atom is 0.228 e. The summed E-state index contributed by atoms with van der Waals surface area (Å²) in [5.41, 5.74) is 3.52. The first-order valence-electron chi connectivity index (χ1n) is 7.62. The molecule has 0 saturated heterocycles. The molecule has 2 heteroatoms. The van der Waals surface area contributed by atoms with E-state index >= 15 is 0 Å². The summed E-state index contributed by atoms with van der Waals surface area (Å²) in [5.74, 6) is 0.686. The van der Waals surface area contributed by atoms with Gasteiger partial charge in [-0.1, -0.05) is 60.2 Å². The highest BCUT2D eigenvalue weighted by atomic mass is 16.1. The molecule has 3 rings (SSSR count). The van der Waals surface area contributed by atoms with Crippen molar-refractivity contribution in [3.8, 4) is 0 Å².